The molecular weight excluding hydrogens is 186 g/mol. The van der Waals surface area contributed by atoms with Crippen molar-refractivity contribution in [1.82, 2.24) is 5.32 Å². The van der Waals surface area contributed by atoms with E-state index in [2.05, 4.69) is 25.7 Å². The van der Waals surface area contributed by atoms with Gasteiger partial charge in [-0.2, -0.15) is 0 Å². The maximum atomic E-state index is 9.20. The van der Waals surface area contributed by atoms with Crippen molar-refractivity contribution < 1.29 is 5.11 Å². The maximum Gasteiger partial charge on any atom is 0.115 e. The van der Waals surface area contributed by atoms with Crippen LogP contribution in [0.3, 0.4) is 0 Å². The Kier molecular flexibility index (Phi) is 4.37. The molecule has 15 heavy (non-hydrogen) atoms. The largest absolute Gasteiger partial charge is 0.508 e. The Hall–Kier alpha value is -1.28. The standard InChI is InChI=1S/C13H19NO/c1-4-10(3)14-13(5-2)11-6-8-12(15)9-7-11/h4,6-10,13-15H,1,5H2,2-3H3. The van der Waals surface area contributed by atoms with E-state index in [1.54, 1.807) is 12.1 Å². The molecule has 82 valence electrons. The zero-order valence-corrected chi connectivity index (χ0v) is 9.40. The van der Waals surface area contributed by atoms with E-state index in [-0.39, 0.29) is 0 Å². The summed E-state index contributed by atoms with van der Waals surface area (Å²) in [6.45, 7) is 7.97. The molecule has 0 aliphatic carbocycles. The van der Waals surface area contributed by atoms with Gasteiger partial charge in [-0.1, -0.05) is 25.1 Å². The van der Waals surface area contributed by atoms with Gasteiger partial charge in [-0.15, -0.1) is 6.58 Å². The normalized spacial score (nSPS) is 14.5. The van der Waals surface area contributed by atoms with E-state index in [4.69, 9.17) is 0 Å². The molecule has 2 atom stereocenters. The van der Waals surface area contributed by atoms with E-state index in [1.807, 2.05) is 18.2 Å². The highest BCUT2D eigenvalue weighted by Crippen LogP contribution is 2.19. The topological polar surface area (TPSA) is 32.3 Å². The third-order valence-electron chi connectivity index (χ3n) is 2.52. The number of phenols is 1. The van der Waals surface area contributed by atoms with Gasteiger partial charge < -0.3 is 10.4 Å². The van der Waals surface area contributed by atoms with Crippen LogP contribution >= 0.6 is 0 Å². The number of aromatic hydroxyl groups is 1. The Morgan fingerprint density at radius 3 is 2.47 bits per heavy atom. The van der Waals surface area contributed by atoms with Gasteiger partial charge in [-0.25, -0.2) is 0 Å². The van der Waals surface area contributed by atoms with Crippen LogP contribution in [0.4, 0.5) is 0 Å². The van der Waals surface area contributed by atoms with E-state index < -0.39 is 0 Å². The molecule has 1 aromatic carbocycles. The minimum atomic E-state index is 0.295. The molecule has 0 radical (unpaired) electrons. The highest BCUT2D eigenvalue weighted by molar-refractivity contribution is 5.28. The van der Waals surface area contributed by atoms with Crippen LogP contribution in [0.15, 0.2) is 36.9 Å². The summed E-state index contributed by atoms with van der Waals surface area (Å²) in [5.41, 5.74) is 1.20. The highest BCUT2D eigenvalue weighted by Gasteiger charge is 2.10. The zero-order valence-electron chi connectivity index (χ0n) is 9.40. The SMILES string of the molecule is C=CC(C)NC(CC)c1ccc(O)cc1. The highest BCUT2D eigenvalue weighted by atomic mass is 16.3. The first-order chi connectivity index (χ1) is 7.17. The molecule has 2 nitrogen and oxygen atoms in total. The summed E-state index contributed by atoms with van der Waals surface area (Å²) >= 11 is 0. The summed E-state index contributed by atoms with van der Waals surface area (Å²) in [5.74, 6) is 0.311. The van der Waals surface area contributed by atoms with Gasteiger partial charge in [0.2, 0.25) is 0 Å². The molecule has 0 aromatic heterocycles. The smallest absolute Gasteiger partial charge is 0.115 e. The molecule has 2 N–H and O–H groups in total. The lowest BCUT2D eigenvalue weighted by Gasteiger charge is -2.20. The summed E-state index contributed by atoms with van der Waals surface area (Å²) in [6.07, 6.45) is 2.91. The fraction of sp³-hybridized carbons (Fsp3) is 0.385. The molecule has 0 amide bonds. The number of phenolic OH excluding ortho intramolecular Hbond substituents is 1. The number of rotatable bonds is 5. The van der Waals surface area contributed by atoms with Crippen molar-refractivity contribution in [3.8, 4) is 5.75 Å². The lowest BCUT2D eigenvalue weighted by atomic mass is 10.0. The van der Waals surface area contributed by atoms with Gasteiger partial charge in [0.25, 0.3) is 0 Å². The fourth-order valence-electron chi connectivity index (χ4n) is 1.54. The van der Waals surface area contributed by atoms with Crippen molar-refractivity contribution >= 4 is 0 Å². The van der Waals surface area contributed by atoms with Crippen LogP contribution in [0.2, 0.25) is 0 Å². The van der Waals surface area contributed by atoms with Gasteiger partial charge >= 0.3 is 0 Å². The summed E-state index contributed by atoms with van der Waals surface area (Å²) in [6, 6.07) is 7.96. The summed E-state index contributed by atoms with van der Waals surface area (Å²) in [5, 5.41) is 12.7. The molecular formula is C13H19NO. The summed E-state index contributed by atoms with van der Waals surface area (Å²) in [4.78, 5) is 0. The Labute approximate surface area is 91.6 Å². The second-order valence-corrected chi connectivity index (χ2v) is 3.74. The number of hydrogen-bond donors (Lipinski definition) is 2. The molecule has 0 aliphatic rings. The third-order valence-corrected chi connectivity index (χ3v) is 2.52. The minimum absolute atomic E-state index is 0.295. The van der Waals surface area contributed by atoms with Crippen molar-refractivity contribution in [3.05, 3.63) is 42.5 Å². The zero-order chi connectivity index (χ0) is 11.3. The second-order valence-electron chi connectivity index (χ2n) is 3.74. The Morgan fingerprint density at radius 2 is 2.00 bits per heavy atom. The van der Waals surface area contributed by atoms with Gasteiger partial charge in [0.15, 0.2) is 0 Å². The molecule has 2 unspecified atom stereocenters. The van der Waals surface area contributed by atoms with Crippen LogP contribution in [0, 0.1) is 0 Å². The number of benzene rings is 1. The molecule has 0 fully saturated rings. The van der Waals surface area contributed by atoms with Crippen molar-refractivity contribution in [3.63, 3.8) is 0 Å². The fourth-order valence-corrected chi connectivity index (χ4v) is 1.54. The van der Waals surface area contributed by atoms with Crippen molar-refractivity contribution in [1.29, 1.82) is 0 Å². The van der Waals surface area contributed by atoms with Gasteiger partial charge in [-0.3, -0.25) is 0 Å². The molecule has 0 saturated heterocycles. The molecule has 0 spiro atoms. The molecule has 1 rings (SSSR count). The van der Waals surface area contributed by atoms with E-state index in [0.29, 0.717) is 17.8 Å². The first-order valence-corrected chi connectivity index (χ1v) is 5.35. The first-order valence-electron chi connectivity index (χ1n) is 5.35. The third kappa shape index (κ3) is 3.40. The van der Waals surface area contributed by atoms with Gasteiger partial charge in [0.05, 0.1) is 0 Å². The molecule has 0 bridgehead atoms. The lowest BCUT2D eigenvalue weighted by molar-refractivity contribution is 0.471. The molecule has 2 heteroatoms. The number of nitrogens with one attached hydrogen (secondary N) is 1. The molecule has 1 aromatic rings. The average molecular weight is 205 g/mol. The maximum absolute atomic E-state index is 9.20. The van der Waals surface area contributed by atoms with Crippen LogP contribution in [0.25, 0.3) is 0 Å². The lowest BCUT2D eigenvalue weighted by Crippen LogP contribution is -2.28. The predicted octanol–water partition coefficient (Wildman–Crippen LogP) is 3.01. The summed E-state index contributed by atoms with van der Waals surface area (Å²) in [7, 11) is 0. The van der Waals surface area contributed by atoms with Crippen molar-refractivity contribution in [2.75, 3.05) is 0 Å². The van der Waals surface area contributed by atoms with E-state index in [9.17, 15) is 5.11 Å². The molecule has 0 heterocycles. The Morgan fingerprint density at radius 1 is 1.40 bits per heavy atom. The van der Waals surface area contributed by atoms with Crippen LogP contribution in [-0.2, 0) is 0 Å². The number of hydrogen-bond acceptors (Lipinski definition) is 2. The van der Waals surface area contributed by atoms with Crippen molar-refractivity contribution in [2.24, 2.45) is 0 Å². The monoisotopic (exact) mass is 205 g/mol. The van der Waals surface area contributed by atoms with E-state index >= 15 is 0 Å². The Bertz CT molecular complexity index is 305. The van der Waals surface area contributed by atoms with Crippen LogP contribution < -0.4 is 5.32 Å². The molecule has 0 aliphatic heterocycles. The van der Waals surface area contributed by atoms with Crippen LogP contribution in [0.1, 0.15) is 31.9 Å². The average Bonchev–Trinajstić information content (AvgIpc) is 2.27. The summed E-state index contributed by atoms with van der Waals surface area (Å²) < 4.78 is 0. The quantitative estimate of drug-likeness (QED) is 0.724. The second kappa shape index (κ2) is 5.56. The van der Waals surface area contributed by atoms with Gasteiger partial charge in [0, 0.05) is 12.1 Å². The minimum Gasteiger partial charge on any atom is -0.508 e. The van der Waals surface area contributed by atoms with Gasteiger partial charge in [-0.05, 0) is 31.0 Å². The van der Waals surface area contributed by atoms with Crippen LogP contribution in [0.5, 0.6) is 5.75 Å². The predicted molar refractivity (Wildman–Crippen MR) is 63.9 cm³/mol. The van der Waals surface area contributed by atoms with Crippen molar-refractivity contribution in [2.45, 2.75) is 32.4 Å². The van der Waals surface area contributed by atoms with Gasteiger partial charge in [0.1, 0.15) is 5.75 Å². The van der Waals surface area contributed by atoms with Crippen LogP contribution in [-0.4, -0.2) is 11.1 Å². The van der Waals surface area contributed by atoms with E-state index in [0.717, 1.165) is 6.42 Å². The Balaban J connectivity index is 2.73. The molecule has 0 saturated carbocycles. The first kappa shape index (κ1) is 11.8. The van der Waals surface area contributed by atoms with E-state index in [1.165, 1.54) is 5.56 Å².